The summed E-state index contributed by atoms with van der Waals surface area (Å²) in [5.41, 5.74) is 1.10. The van der Waals surface area contributed by atoms with Gasteiger partial charge in [0.1, 0.15) is 6.61 Å². The van der Waals surface area contributed by atoms with Gasteiger partial charge in [-0.15, -0.1) is 11.3 Å². The van der Waals surface area contributed by atoms with Gasteiger partial charge in [-0.3, -0.25) is 4.79 Å². The molecule has 2 rings (SSSR count). The van der Waals surface area contributed by atoms with Crippen molar-refractivity contribution >= 4 is 27.4 Å². The normalized spacial score (nSPS) is 10.6. The fourth-order valence-electron chi connectivity index (χ4n) is 1.58. The standard InChI is InChI=1S/C13H14O2S/c1-2-5-13(14)15-8-10-9-16-12-7-4-3-6-11(10)12/h3-4,6-7,9H,2,5,8H2,1H3. The van der Waals surface area contributed by atoms with E-state index < -0.39 is 0 Å². The zero-order chi connectivity index (χ0) is 11.4. The lowest BCUT2D eigenvalue weighted by Crippen LogP contribution is -2.03. The maximum absolute atomic E-state index is 11.3. The van der Waals surface area contributed by atoms with Gasteiger partial charge in [-0.2, -0.15) is 0 Å². The van der Waals surface area contributed by atoms with Crippen LogP contribution in [0.2, 0.25) is 0 Å². The highest BCUT2D eigenvalue weighted by Gasteiger charge is 2.06. The van der Waals surface area contributed by atoms with Crippen LogP contribution >= 0.6 is 11.3 Å². The predicted molar refractivity (Wildman–Crippen MR) is 66.5 cm³/mol. The van der Waals surface area contributed by atoms with Gasteiger partial charge in [0.25, 0.3) is 0 Å². The summed E-state index contributed by atoms with van der Waals surface area (Å²) in [5.74, 6) is -0.113. The van der Waals surface area contributed by atoms with Gasteiger partial charge in [-0.25, -0.2) is 0 Å². The Morgan fingerprint density at radius 3 is 3.00 bits per heavy atom. The molecule has 3 heteroatoms. The molecule has 2 aromatic rings. The molecule has 0 amide bonds. The number of thiophene rings is 1. The highest BCUT2D eigenvalue weighted by molar-refractivity contribution is 7.17. The quantitative estimate of drug-likeness (QED) is 0.753. The molecule has 0 aliphatic heterocycles. The predicted octanol–water partition coefficient (Wildman–Crippen LogP) is 3.74. The molecule has 0 unspecified atom stereocenters. The lowest BCUT2D eigenvalue weighted by Gasteiger charge is -2.02. The lowest BCUT2D eigenvalue weighted by molar-refractivity contribution is -0.144. The van der Waals surface area contributed by atoms with E-state index in [9.17, 15) is 4.79 Å². The Labute approximate surface area is 98.9 Å². The van der Waals surface area contributed by atoms with Gasteiger partial charge in [-0.1, -0.05) is 25.1 Å². The third kappa shape index (κ3) is 2.42. The van der Waals surface area contributed by atoms with E-state index in [2.05, 4.69) is 17.5 Å². The van der Waals surface area contributed by atoms with E-state index in [-0.39, 0.29) is 5.97 Å². The SMILES string of the molecule is CCCC(=O)OCc1csc2ccccc12. The minimum atomic E-state index is -0.113. The maximum atomic E-state index is 11.3. The van der Waals surface area contributed by atoms with Crippen molar-refractivity contribution in [1.29, 1.82) is 0 Å². The van der Waals surface area contributed by atoms with Crippen LogP contribution in [0.4, 0.5) is 0 Å². The largest absolute Gasteiger partial charge is 0.461 e. The molecule has 0 aliphatic carbocycles. The van der Waals surface area contributed by atoms with Gasteiger partial charge in [0.2, 0.25) is 0 Å². The Bertz CT molecular complexity index is 487. The number of hydrogen-bond acceptors (Lipinski definition) is 3. The molecule has 0 saturated heterocycles. The van der Waals surface area contributed by atoms with Gasteiger partial charge in [0, 0.05) is 16.7 Å². The van der Waals surface area contributed by atoms with Crippen molar-refractivity contribution in [3.8, 4) is 0 Å². The van der Waals surface area contributed by atoms with E-state index in [1.807, 2.05) is 19.1 Å². The Hall–Kier alpha value is -1.35. The van der Waals surface area contributed by atoms with Gasteiger partial charge in [0.15, 0.2) is 0 Å². The Kier molecular flexibility index (Phi) is 3.57. The first-order chi connectivity index (χ1) is 7.81. The number of hydrogen-bond donors (Lipinski definition) is 0. The molecule has 0 radical (unpaired) electrons. The Morgan fingerprint density at radius 2 is 2.19 bits per heavy atom. The van der Waals surface area contributed by atoms with Crippen molar-refractivity contribution in [3.05, 3.63) is 35.2 Å². The molecule has 0 atom stereocenters. The first-order valence-corrected chi connectivity index (χ1v) is 6.30. The fraction of sp³-hybridized carbons (Fsp3) is 0.308. The van der Waals surface area contributed by atoms with Crippen molar-refractivity contribution < 1.29 is 9.53 Å². The van der Waals surface area contributed by atoms with Crippen LogP contribution in [0.5, 0.6) is 0 Å². The Balaban J connectivity index is 2.07. The molecule has 1 heterocycles. The molecule has 0 N–H and O–H groups in total. The second-order valence-corrected chi connectivity index (χ2v) is 4.58. The second kappa shape index (κ2) is 5.12. The summed E-state index contributed by atoms with van der Waals surface area (Å²) < 4.78 is 6.44. The van der Waals surface area contributed by atoms with Gasteiger partial charge in [0.05, 0.1) is 0 Å². The molecular weight excluding hydrogens is 220 g/mol. The maximum Gasteiger partial charge on any atom is 0.306 e. The highest BCUT2D eigenvalue weighted by atomic mass is 32.1. The molecule has 16 heavy (non-hydrogen) atoms. The summed E-state index contributed by atoms with van der Waals surface area (Å²) in [6.45, 7) is 2.37. The third-order valence-electron chi connectivity index (χ3n) is 2.40. The van der Waals surface area contributed by atoms with E-state index in [0.717, 1.165) is 12.0 Å². The number of ether oxygens (including phenoxy) is 1. The van der Waals surface area contributed by atoms with Crippen LogP contribution in [0.1, 0.15) is 25.3 Å². The van der Waals surface area contributed by atoms with E-state index in [0.29, 0.717) is 13.0 Å². The lowest BCUT2D eigenvalue weighted by atomic mass is 10.2. The molecule has 0 saturated carbocycles. The zero-order valence-electron chi connectivity index (χ0n) is 9.23. The van der Waals surface area contributed by atoms with Gasteiger partial charge in [-0.05, 0) is 23.3 Å². The van der Waals surface area contributed by atoms with Crippen LogP contribution in [-0.4, -0.2) is 5.97 Å². The summed E-state index contributed by atoms with van der Waals surface area (Å²) in [5, 5.41) is 3.25. The topological polar surface area (TPSA) is 26.3 Å². The zero-order valence-corrected chi connectivity index (χ0v) is 10.0. The number of benzene rings is 1. The van der Waals surface area contributed by atoms with Crippen molar-refractivity contribution in [3.63, 3.8) is 0 Å². The van der Waals surface area contributed by atoms with Crippen LogP contribution < -0.4 is 0 Å². The first-order valence-electron chi connectivity index (χ1n) is 5.42. The molecule has 0 fully saturated rings. The van der Waals surface area contributed by atoms with E-state index in [1.54, 1.807) is 11.3 Å². The smallest absolute Gasteiger partial charge is 0.306 e. The van der Waals surface area contributed by atoms with Crippen molar-refractivity contribution in [2.45, 2.75) is 26.4 Å². The summed E-state index contributed by atoms with van der Waals surface area (Å²) in [4.78, 5) is 11.3. The summed E-state index contributed by atoms with van der Waals surface area (Å²) >= 11 is 1.69. The fourth-order valence-corrected chi connectivity index (χ4v) is 2.53. The molecule has 1 aromatic carbocycles. The number of esters is 1. The van der Waals surface area contributed by atoms with Crippen LogP contribution in [-0.2, 0) is 16.1 Å². The number of fused-ring (bicyclic) bond motifs is 1. The van der Waals surface area contributed by atoms with Crippen LogP contribution in [0.15, 0.2) is 29.6 Å². The Morgan fingerprint density at radius 1 is 1.38 bits per heavy atom. The average molecular weight is 234 g/mol. The minimum absolute atomic E-state index is 0.113. The molecule has 84 valence electrons. The summed E-state index contributed by atoms with van der Waals surface area (Å²) in [7, 11) is 0. The molecule has 2 nitrogen and oxygen atoms in total. The molecule has 0 spiro atoms. The molecule has 1 aromatic heterocycles. The monoisotopic (exact) mass is 234 g/mol. The van der Waals surface area contributed by atoms with Crippen LogP contribution in [0.25, 0.3) is 10.1 Å². The van der Waals surface area contributed by atoms with Gasteiger partial charge >= 0.3 is 5.97 Å². The van der Waals surface area contributed by atoms with Crippen molar-refractivity contribution in [2.75, 3.05) is 0 Å². The number of rotatable bonds is 4. The van der Waals surface area contributed by atoms with Crippen LogP contribution in [0, 0.1) is 0 Å². The van der Waals surface area contributed by atoms with E-state index >= 15 is 0 Å². The molecule has 0 bridgehead atoms. The third-order valence-corrected chi connectivity index (χ3v) is 3.42. The summed E-state index contributed by atoms with van der Waals surface area (Å²) in [6.07, 6.45) is 1.34. The van der Waals surface area contributed by atoms with Gasteiger partial charge < -0.3 is 4.74 Å². The average Bonchev–Trinajstić information content (AvgIpc) is 2.70. The van der Waals surface area contributed by atoms with Crippen LogP contribution in [0.3, 0.4) is 0 Å². The summed E-state index contributed by atoms with van der Waals surface area (Å²) in [6, 6.07) is 8.17. The first kappa shape index (κ1) is 11.1. The second-order valence-electron chi connectivity index (χ2n) is 3.67. The van der Waals surface area contributed by atoms with Crippen molar-refractivity contribution in [1.82, 2.24) is 0 Å². The highest BCUT2D eigenvalue weighted by Crippen LogP contribution is 2.26. The molecular formula is C13H14O2S. The number of carbonyl (C=O) groups excluding carboxylic acids is 1. The van der Waals surface area contributed by atoms with E-state index in [1.165, 1.54) is 10.1 Å². The molecule has 0 aliphatic rings. The minimum Gasteiger partial charge on any atom is -0.461 e. The number of carbonyl (C=O) groups is 1. The van der Waals surface area contributed by atoms with Crippen molar-refractivity contribution in [2.24, 2.45) is 0 Å². The van der Waals surface area contributed by atoms with E-state index in [4.69, 9.17) is 4.74 Å².